The Morgan fingerprint density at radius 1 is 1.35 bits per heavy atom. The fourth-order valence-electron chi connectivity index (χ4n) is 1.94. The lowest BCUT2D eigenvalue weighted by molar-refractivity contribution is 0.437. The highest BCUT2D eigenvalue weighted by atomic mass is 32.2. The predicted molar refractivity (Wildman–Crippen MR) is 87.1 cm³/mol. The Hall–Kier alpha value is -0.580. The van der Waals surface area contributed by atoms with Gasteiger partial charge in [0.2, 0.25) is 0 Å². The molecule has 20 heavy (non-hydrogen) atoms. The van der Waals surface area contributed by atoms with Crippen molar-refractivity contribution in [2.75, 3.05) is 32.9 Å². The molecule has 1 N–H and O–H groups in total. The van der Waals surface area contributed by atoms with Crippen molar-refractivity contribution in [1.29, 1.82) is 0 Å². The van der Waals surface area contributed by atoms with Crippen molar-refractivity contribution in [1.82, 2.24) is 10.2 Å². The van der Waals surface area contributed by atoms with Gasteiger partial charge in [-0.3, -0.25) is 0 Å². The average molecular weight is 298 g/mol. The molecule has 0 bridgehead atoms. The van der Waals surface area contributed by atoms with Crippen molar-refractivity contribution in [3.8, 4) is 0 Å². The van der Waals surface area contributed by atoms with Crippen LogP contribution in [0.2, 0.25) is 0 Å². The second kappa shape index (κ2) is 8.65. The predicted octanol–water partition coefficient (Wildman–Crippen LogP) is 3.85. The van der Waals surface area contributed by atoms with Gasteiger partial charge in [0, 0.05) is 23.2 Å². The highest BCUT2D eigenvalue weighted by Gasteiger charge is 2.13. The minimum atomic E-state index is -0.109. The summed E-state index contributed by atoms with van der Waals surface area (Å²) in [7, 11) is 4.14. The number of halogens is 1. The number of nitrogens with one attached hydrogen (secondary N) is 1. The summed E-state index contributed by atoms with van der Waals surface area (Å²) in [4.78, 5) is 3.36. The van der Waals surface area contributed by atoms with Crippen LogP contribution in [0.3, 0.4) is 0 Å². The van der Waals surface area contributed by atoms with Crippen molar-refractivity contribution in [2.45, 2.75) is 38.1 Å². The number of aryl methyl sites for hydroxylation is 1. The molecule has 0 amide bonds. The van der Waals surface area contributed by atoms with Gasteiger partial charge in [0.05, 0.1) is 0 Å². The smallest absolute Gasteiger partial charge is 0.126 e. The molecule has 1 atom stereocenters. The molecule has 0 heterocycles. The van der Waals surface area contributed by atoms with Gasteiger partial charge in [-0.1, -0.05) is 6.92 Å². The third-order valence-corrected chi connectivity index (χ3v) is 4.31. The number of thioether (sulfide) groups is 1. The molecule has 2 nitrogen and oxygen atoms in total. The molecule has 1 rings (SSSR count). The monoisotopic (exact) mass is 298 g/mol. The van der Waals surface area contributed by atoms with Crippen LogP contribution in [0.5, 0.6) is 0 Å². The molecule has 0 aliphatic carbocycles. The summed E-state index contributed by atoms with van der Waals surface area (Å²) in [5.41, 5.74) is 1.80. The maximum absolute atomic E-state index is 13.8. The molecule has 0 radical (unpaired) electrons. The summed E-state index contributed by atoms with van der Waals surface area (Å²) in [5.74, 6) is 0.910. The molecule has 0 saturated heterocycles. The highest BCUT2D eigenvalue weighted by molar-refractivity contribution is 7.99. The lowest BCUT2D eigenvalue weighted by atomic mass is 10.1. The molecule has 1 aromatic carbocycles. The van der Waals surface area contributed by atoms with Gasteiger partial charge in [-0.15, -0.1) is 11.8 Å². The number of rotatable bonds is 8. The third kappa shape index (κ3) is 5.43. The van der Waals surface area contributed by atoms with Crippen molar-refractivity contribution < 1.29 is 4.39 Å². The molecular weight excluding hydrogens is 271 g/mol. The maximum atomic E-state index is 13.8. The van der Waals surface area contributed by atoms with E-state index in [2.05, 4.69) is 38.2 Å². The van der Waals surface area contributed by atoms with E-state index >= 15 is 0 Å². The van der Waals surface area contributed by atoms with Crippen molar-refractivity contribution in [2.24, 2.45) is 0 Å². The molecule has 1 aromatic rings. The number of hydrogen-bond donors (Lipinski definition) is 1. The molecule has 0 saturated carbocycles. The Kier molecular flexibility index (Phi) is 7.56. The highest BCUT2D eigenvalue weighted by Crippen LogP contribution is 2.30. The van der Waals surface area contributed by atoms with Crippen LogP contribution >= 0.6 is 11.8 Å². The van der Waals surface area contributed by atoms with E-state index in [1.54, 1.807) is 6.07 Å². The van der Waals surface area contributed by atoms with E-state index in [1.807, 2.05) is 24.8 Å². The zero-order valence-corrected chi connectivity index (χ0v) is 14.1. The lowest BCUT2D eigenvalue weighted by Crippen LogP contribution is -2.20. The van der Waals surface area contributed by atoms with Crippen LogP contribution < -0.4 is 5.32 Å². The van der Waals surface area contributed by atoms with E-state index in [9.17, 15) is 4.39 Å². The topological polar surface area (TPSA) is 15.3 Å². The second-order valence-electron chi connectivity index (χ2n) is 5.47. The van der Waals surface area contributed by atoms with Crippen LogP contribution in [0.1, 0.15) is 37.4 Å². The first-order chi connectivity index (χ1) is 9.45. The first-order valence-corrected chi connectivity index (χ1v) is 8.25. The quantitative estimate of drug-likeness (QED) is 0.734. The first-order valence-electron chi connectivity index (χ1n) is 7.26. The molecule has 0 aliphatic heterocycles. The normalized spacial score (nSPS) is 12.9. The summed E-state index contributed by atoms with van der Waals surface area (Å²) in [6.45, 7) is 8.06. The standard InChI is InChI=1S/C16H27FN2S/c1-6-7-18-13(3)14-11-15(17)12(2)10-16(14)20-9-8-19(4)5/h10-11,13,18H,6-9H2,1-5H3. The first kappa shape index (κ1) is 17.5. The van der Waals surface area contributed by atoms with Gasteiger partial charge in [0.15, 0.2) is 0 Å². The zero-order valence-electron chi connectivity index (χ0n) is 13.3. The van der Waals surface area contributed by atoms with Crippen LogP contribution in [0.15, 0.2) is 17.0 Å². The van der Waals surface area contributed by atoms with Gasteiger partial charge in [0.1, 0.15) is 5.82 Å². The van der Waals surface area contributed by atoms with Crippen LogP contribution in [0.25, 0.3) is 0 Å². The van der Waals surface area contributed by atoms with E-state index in [-0.39, 0.29) is 11.9 Å². The van der Waals surface area contributed by atoms with E-state index in [0.29, 0.717) is 0 Å². The number of nitrogens with zero attached hydrogens (tertiary/aromatic N) is 1. The minimum absolute atomic E-state index is 0.109. The largest absolute Gasteiger partial charge is 0.310 e. The molecule has 0 spiro atoms. The molecule has 1 unspecified atom stereocenters. The number of benzene rings is 1. The van der Waals surface area contributed by atoms with Gasteiger partial charge in [-0.25, -0.2) is 4.39 Å². The van der Waals surface area contributed by atoms with Crippen molar-refractivity contribution >= 4 is 11.8 Å². The minimum Gasteiger partial charge on any atom is -0.310 e. The Balaban J connectivity index is 2.86. The zero-order chi connectivity index (χ0) is 15.1. The van der Waals surface area contributed by atoms with Gasteiger partial charge in [-0.2, -0.15) is 0 Å². The Bertz CT molecular complexity index is 421. The SMILES string of the molecule is CCCNC(C)c1cc(F)c(C)cc1SCCN(C)C. The molecule has 4 heteroatoms. The molecule has 0 fully saturated rings. The molecule has 0 aliphatic rings. The summed E-state index contributed by atoms with van der Waals surface area (Å²) in [6, 6.07) is 3.86. The van der Waals surface area contributed by atoms with Gasteiger partial charge in [0.25, 0.3) is 0 Å². The lowest BCUT2D eigenvalue weighted by Gasteiger charge is -2.19. The second-order valence-corrected chi connectivity index (χ2v) is 6.60. The van der Waals surface area contributed by atoms with E-state index in [4.69, 9.17) is 0 Å². The van der Waals surface area contributed by atoms with Crippen LogP contribution in [0, 0.1) is 12.7 Å². The van der Waals surface area contributed by atoms with Crippen molar-refractivity contribution in [3.63, 3.8) is 0 Å². The average Bonchev–Trinajstić information content (AvgIpc) is 2.39. The Morgan fingerprint density at radius 2 is 2.05 bits per heavy atom. The fraction of sp³-hybridized carbons (Fsp3) is 0.625. The Morgan fingerprint density at radius 3 is 2.65 bits per heavy atom. The van der Waals surface area contributed by atoms with E-state index in [0.717, 1.165) is 36.4 Å². The van der Waals surface area contributed by atoms with Crippen LogP contribution in [-0.4, -0.2) is 37.8 Å². The van der Waals surface area contributed by atoms with Gasteiger partial charge < -0.3 is 10.2 Å². The number of hydrogen-bond acceptors (Lipinski definition) is 3. The summed E-state index contributed by atoms with van der Waals surface area (Å²) in [6.07, 6.45) is 1.09. The maximum Gasteiger partial charge on any atom is 0.126 e. The fourth-order valence-corrected chi connectivity index (χ4v) is 3.28. The summed E-state index contributed by atoms with van der Waals surface area (Å²) < 4.78 is 13.8. The van der Waals surface area contributed by atoms with E-state index in [1.165, 1.54) is 4.90 Å². The molecular formula is C16H27FN2S. The molecule has 114 valence electrons. The van der Waals surface area contributed by atoms with Gasteiger partial charge in [-0.05, 0) is 64.2 Å². The summed E-state index contributed by atoms with van der Waals surface area (Å²) in [5, 5.41) is 3.44. The summed E-state index contributed by atoms with van der Waals surface area (Å²) >= 11 is 1.81. The van der Waals surface area contributed by atoms with Crippen molar-refractivity contribution in [3.05, 3.63) is 29.1 Å². The van der Waals surface area contributed by atoms with Gasteiger partial charge >= 0.3 is 0 Å². The molecule has 0 aromatic heterocycles. The Labute approximate surface area is 127 Å². The third-order valence-electron chi connectivity index (χ3n) is 3.25. The van der Waals surface area contributed by atoms with Crippen LogP contribution in [0.4, 0.5) is 4.39 Å². The van der Waals surface area contributed by atoms with Crippen LogP contribution in [-0.2, 0) is 0 Å². The van der Waals surface area contributed by atoms with E-state index < -0.39 is 0 Å².